The third-order valence-corrected chi connectivity index (χ3v) is 7.76. The van der Waals surface area contributed by atoms with Crippen LogP contribution >= 0.6 is 11.8 Å². The Balaban J connectivity index is 1.73. The Labute approximate surface area is 158 Å². The lowest BCUT2D eigenvalue weighted by Gasteiger charge is -2.44. The standard InChI is InChI=1S/C22H23NO2S/c1-25-16-10-9-15-13-20(24)23-18-7-3-4-8-19(18)26-21(23)22(17(15)14-16)11-5-2-6-12-22/h3-4,7-10,14,21H,2,5-6,11-13H2,1H3. The number of methoxy groups -OCH3 is 1. The van der Waals surface area contributed by atoms with Crippen molar-refractivity contribution in [2.45, 2.75) is 54.2 Å². The second-order valence-corrected chi connectivity index (χ2v) is 8.74. The van der Waals surface area contributed by atoms with Gasteiger partial charge in [0.15, 0.2) is 0 Å². The van der Waals surface area contributed by atoms with E-state index in [9.17, 15) is 4.79 Å². The lowest BCUT2D eigenvalue weighted by molar-refractivity contribution is -0.118. The van der Waals surface area contributed by atoms with E-state index in [0.717, 1.165) is 24.3 Å². The molecule has 0 aromatic heterocycles. The van der Waals surface area contributed by atoms with Crippen molar-refractivity contribution in [2.75, 3.05) is 12.0 Å². The zero-order valence-corrected chi connectivity index (χ0v) is 15.8. The Hall–Kier alpha value is -1.94. The van der Waals surface area contributed by atoms with Gasteiger partial charge in [0.05, 0.1) is 24.6 Å². The van der Waals surface area contributed by atoms with E-state index in [0.29, 0.717) is 6.42 Å². The van der Waals surface area contributed by atoms with Gasteiger partial charge in [-0.3, -0.25) is 9.69 Å². The molecule has 2 aliphatic heterocycles. The molecular formula is C22H23NO2S. The molecule has 1 saturated carbocycles. The number of ether oxygens (including phenoxy) is 1. The van der Waals surface area contributed by atoms with Crippen molar-refractivity contribution in [3.8, 4) is 5.75 Å². The average Bonchev–Trinajstić information content (AvgIpc) is 3.05. The minimum atomic E-state index is 0.0119. The minimum absolute atomic E-state index is 0.0119. The summed E-state index contributed by atoms with van der Waals surface area (Å²) in [7, 11) is 1.73. The van der Waals surface area contributed by atoms with Gasteiger partial charge in [0.25, 0.3) is 0 Å². The zero-order chi connectivity index (χ0) is 17.7. The predicted octanol–water partition coefficient (Wildman–Crippen LogP) is 4.92. The van der Waals surface area contributed by atoms with Gasteiger partial charge in [-0.05, 0) is 48.2 Å². The first kappa shape index (κ1) is 16.2. The van der Waals surface area contributed by atoms with Gasteiger partial charge in [0.1, 0.15) is 5.75 Å². The maximum absolute atomic E-state index is 13.3. The highest BCUT2D eigenvalue weighted by atomic mass is 32.2. The van der Waals surface area contributed by atoms with Gasteiger partial charge in [-0.1, -0.05) is 49.2 Å². The Bertz CT molecular complexity index is 872. The Morgan fingerprint density at radius 2 is 1.92 bits per heavy atom. The number of para-hydroxylation sites is 1. The number of benzene rings is 2. The summed E-state index contributed by atoms with van der Waals surface area (Å²) >= 11 is 1.88. The molecule has 1 amide bonds. The van der Waals surface area contributed by atoms with E-state index in [2.05, 4.69) is 35.2 Å². The first-order chi connectivity index (χ1) is 12.7. The molecule has 0 bridgehead atoms. The number of carbonyl (C=O) groups excluding carboxylic acids is 1. The SMILES string of the molecule is COc1ccc2c(c1)C1(CCCCC1)C1Sc3ccccc3N1C(=O)C2. The topological polar surface area (TPSA) is 29.5 Å². The number of hydrogen-bond donors (Lipinski definition) is 0. The zero-order valence-electron chi connectivity index (χ0n) is 15.0. The number of hydrogen-bond acceptors (Lipinski definition) is 3. The molecule has 2 heterocycles. The second kappa shape index (κ2) is 6.05. The van der Waals surface area contributed by atoms with Crippen LogP contribution in [-0.4, -0.2) is 18.4 Å². The second-order valence-electron chi connectivity index (χ2n) is 7.62. The molecule has 134 valence electrons. The molecule has 5 rings (SSSR count). The summed E-state index contributed by atoms with van der Waals surface area (Å²) in [5.74, 6) is 1.12. The fraction of sp³-hybridized carbons (Fsp3) is 0.409. The van der Waals surface area contributed by atoms with Gasteiger partial charge in [-0.25, -0.2) is 0 Å². The third kappa shape index (κ3) is 2.24. The third-order valence-electron chi connectivity index (χ3n) is 6.28. The Kier molecular flexibility index (Phi) is 3.78. The van der Waals surface area contributed by atoms with Crippen molar-refractivity contribution in [1.29, 1.82) is 0 Å². The van der Waals surface area contributed by atoms with Crippen LogP contribution < -0.4 is 9.64 Å². The van der Waals surface area contributed by atoms with Crippen LogP contribution in [0.15, 0.2) is 47.4 Å². The lowest BCUT2D eigenvalue weighted by Crippen LogP contribution is -2.49. The normalized spacial score (nSPS) is 23.2. The summed E-state index contributed by atoms with van der Waals surface area (Å²) in [4.78, 5) is 16.6. The fourth-order valence-electron chi connectivity index (χ4n) is 5.06. The molecule has 1 aliphatic carbocycles. The maximum Gasteiger partial charge on any atom is 0.232 e. The summed E-state index contributed by atoms with van der Waals surface area (Å²) < 4.78 is 5.55. The van der Waals surface area contributed by atoms with E-state index >= 15 is 0 Å². The van der Waals surface area contributed by atoms with Crippen molar-refractivity contribution in [3.05, 3.63) is 53.6 Å². The molecule has 4 heteroatoms. The first-order valence-electron chi connectivity index (χ1n) is 9.48. The Morgan fingerprint density at radius 1 is 1.12 bits per heavy atom. The molecule has 1 spiro atoms. The molecular weight excluding hydrogens is 342 g/mol. The number of nitrogens with zero attached hydrogens (tertiary/aromatic N) is 1. The van der Waals surface area contributed by atoms with Gasteiger partial charge in [-0.2, -0.15) is 0 Å². The number of thioether (sulfide) groups is 1. The van der Waals surface area contributed by atoms with Crippen LogP contribution in [0.4, 0.5) is 5.69 Å². The van der Waals surface area contributed by atoms with Gasteiger partial charge >= 0.3 is 0 Å². The van der Waals surface area contributed by atoms with E-state index in [1.807, 2.05) is 23.9 Å². The van der Waals surface area contributed by atoms with Gasteiger partial charge < -0.3 is 4.74 Å². The van der Waals surface area contributed by atoms with Crippen LogP contribution in [0.3, 0.4) is 0 Å². The quantitative estimate of drug-likeness (QED) is 0.718. The van der Waals surface area contributed by atoms with Gasteiger partial charge in [0, 0.05) is 10.3 Å². The van der Waals surface area contributed by atoms with Crippen molar-refractivity contribution in [3.63, 3.8) is 0 Å². The maximum atomic E-state index is 13.3. The molecule has 26 heavy (non-hydrogen) atoms. The monoisotopic (exact) mass is 365 g/mol. The molecule has 1 atom stereocenters. The number of rotatable bonds is 1. The first-order valence-corrected chi connectivity index (χ1v) is 10.4. The average molecular weight is 365 g/mol. The van der Waals surface area contributed by atoms with Crippen molar-refractivity contribution < 1.29 is 9.53 Å². The van der Waals surface area contributed by atoms with Crippen molar-refractivity contribution >= 4 is 23.4 Å². The minimum Gasteiger partial charge on any atom is -0.497 e. The molecule has 3 aliphatic rings. The summed E-state index contributed by atoms with van der Waals surface area (Å²) in [6.07, 6.45) is 6.51. The molecule has 0 saturated heterocycles. The molecule has 0 N–H and O–H groups in total. The number of carbonyl (C=O) groups is 1. The molecule has 2 aromatic rings. The van der Waals surface area contributed by atoms with Gasteiger partial charge in [0.2, 0.25) is 5.91 Å². The van der Waals surface area contributed by atoms with E-state index < -0.39 is 0 Å². The summed E-state index contributed by atoms with van der Waals surface area (Å²) in [5, 5.41) is 0.154. The van der Waals surface area contributed by atoms with Crippen molar-refractivity contribution in [2.24, 2.45) is 0 Å². The van der Waals surface area contributed by atoms with Crippen LogP contribution in [0, 0.1) is 0 Å². The van der Waals surface area contributed by atoms with E-state index in [-0.39, 0.29) is 16.7 Å². The summed E-state index contributed by atoms with van der Waals surface area (Å²) in [6.45, 7) is 0. The van der Waals surface area contributed by atoms with E-state index in [1.165, 1.54) is 35.3 Å². The van der Waals surface area contributed by atoms with Crippen LogP contribution in [-0.2, 0) is 16.6 Å². The van der Waals surface area contributed by atoms with Crippen molar-refractivity contribution in [1.82, 2.24) is 0 Å². The predicted molar refractivity (Wildman–Crippen MR) is 105 cm³/mol. The van der Waals surface area contributed by atoms with Gasteiger partial charge in [-0.15, -0.1) is 0 Å². The highest BCUT2D eigenvalue weighted by Gasteiger charge is 2.52. The molecule has 1 unspecified atom stereocenters. The van der Waals surface area contributed by atoms with Crippen LogP contribution in [0.5, 0.6) is 5.75 Å². The van der Waals surface area contributed by atoms with Crippen LogP contribution in [0.25, 0.3) is 0 Å². The highest BCUT2D eigenvalue weighted by molar-refractivity contribution is 8.00. The van der Waals surface area contributed by atoms with E-state index in [1.54, 1.807) is 7.11 Å². The number of amides is 1. The van der Waals surface area contributed by atoms with E-state index in [4.69, 9.17) is 4.74 Å². The Morgan fingerprint density at radius 3 is 2.73 bits per heavy atom. The fourth-order valence-corrected chi connectivity index (χ4v) is 6.67. The summed E-state index contributed by atoms with van der Waals surface area (Å²) in [6, 6.07) is 14.7. The van der Waals surface area contributed by atoms with Crippen LogP contribution in [0.2, 0.25) is 0 Å². The summed E-state index contributed by atoms with van der Waals surface area (Å²) in [5.41, 5.74) is 3.64. The number of fused-ring (bicyclic) bond motifs is 6. The lowest BCUT2D eigenvalue weighted by atomic mass is 9.67. The number of anilines is 1. The molecule has 0 radical (unpaired) electrons. The highest BCUT2D eigenvalue weighted by Crippen LogP contribution is 2.57. The molecule has 1 fully saturated rings. The smallest absolute Gasteiger partial charge is 0.232 e. The van der Waals surface area contributed by atoms with Crippen LogP contribution in [0.1, 0.15) is 43.2 Å². The largest absolute Gasteiger partial charge is 0.497 e. The molecule has 3 nitrogen and oxygen atoms in total. The molecule has 2 aromatic carbocycles.